The van der Waals surface area contributed by atoms with Gasteiger partial charge in [0.1, 0.15) is 11.6 Å². The van der Waals surface area contributed by atoms with Crippen LogP contribution in [0.1, 0.15) is 0 Å². The van der Waals surface area contributed by atoms with Gasteiger partial charge in [-0.15, -0.1) is 0 Å². The molecule has 0 unspecified atom stereocenters. The van der Waals surface area contributed by atoms with Gasteiger partial charge in [0, 0.05) is 43.8 Å². The molecule has 0 spiro atoms. The van der Waals surface area contributed by atoms with E-state index in [0.29, 0.717) is 37.6 Å². The highest BCUT2D eigenvalue weighted by atomic mass is 32.2. The van der Waals surface area contributed by atoms with Gasteiger partial charge in [0.25, 0.3) is 5.91 Å². The molecule has 0 bridgehead atoms. The molecule has 0 atom stereocenters. The number of anilines is 2. The van der Waals surface area contributed by atoms with E-state index in [1.807, 2.05) is 6.07 Å². The van der Waals surface area contributed by atoms with Crippen LogP contribution in [0, 0.1) is 11.3 Å². The molecule has 1 aliphatic rings. The predicted octanol–water partition coefficient (Wildman–Crippen LogP) is 0.192. The summed E-state index contributed by atoms with van der Waals surface area (Å²) in [6.45, 7) is 1.50. The Morgan fingerprint density at radius 3 is 2.33 bits per heavy atom. The molecule has 1 heterocycles. The lowest BCUT2D eigenvalue weighted by molar-refractivity contribution is -0.112. The third-order valence-corrected chi connectivity index (χ3v) is 4.89. The lowest BCUT2D eigenvalue weighted by Crippen LogP contribution is -2.46. The quantitative estimate of drug-likeness (QED) is 0.455. The maximum absolute atomic E-state index is 12.2. The van der Waals surface area contributed by atoms with E-state index in [0.717, 1.165) is 0 Å². The van der Waals surface area contributed by atoms with E-state index in [1.54, 1.807) is 29.2 Å². The van der Waals surface area contributed by atoms with Gasteiger partial charge >= 0.3 is 0 Å². The standard InChI is InChI=1S/C15H19N5O3S/c1-24(22,23)20-8-6-19(7-9-20)11-12(10-16)15(21)18-14-4-2-13(17)3-5-14/h2-5,11H,6-9,17H2,1H3,(H,18,21)/b12-11-. The molecular formula is C15H19N5O3S. The molecular weight excluding hydrogens is 330 g/mol. The van der Waals surface area contributed by atoms with Gasteiger partial charge in [-0.05, 0) is 24.3 Å². The van der Waals surface area contributed by atoms with Crippen LogP contribution in [0.4, 0.5) is 11.4 Å². The summed E-state index contributed by atoms with van der Waals surface area (Å²) in [5, 5.41) is 11.8. The van der Waals surface area contributed by atoms with E-state index in [4.69, 9.17) is 5.73 Å². The van der Waals surface area contributed by atoms with Crippen LogP contribution in [0.2, 0.25) is 0 Å². The van der Waals surface area contributed by atoms with E-state index < -0.39 is 15.9 Å². The number of rotatable bonds is 4. The minimum Gasteiger partial charge on any atom is -0.399 e. The van der Waals surface area contributed by atoms with Gasteiger partial charge in [-0.3, -0.25) is 4.79 Å². The first-order valence-electron chi connectivity index (χ1n) is 7.27. The summed E-state index contributed by atoms with van der Waals surface area (Å²) in [4.78, 5) is 13.9. The van der Waals surface area contributed by atoms with Crippen molar-refractivity contribution in [2.75, 3.05) is 43.5 Å². The molecule has 9 heteroatoms. The number of hydrogen-bond acceptors (Lipinski definition) is 6. The number of carbonyl (C=O) groups is 1. The second-order valence-electron chi connectivity index (χ2n) is 5.43. The number of carbonyl (C=O) groups excluding carboxylic acids is 1. The summed E-state index contributed by atoms with van der Waals surface area (Å²) < 4.78 is 24.3. The molecule has 0 radical (unpaired) electrons. The SMILES string of the molecule is CS(=O)(=O)N1CCN(/C=C(/C#N)C(=O)Nc2ccc(N)cc2)CC1. The fourth-order valence-corrected chi connectivity index (χ4v) is 3.08. The summed E-state index contributed by atoms with van der Waals surface area (Å²) in [5.41, 5.74) is 6.65. The number of piperazine rings is 1. The number of benzene rings is 1. The number of nitrogens with one attached hydrogen (secondary N) is 1. The number of nitrogen functional groups attached to an aromatic ring is 1. The molecule has 0 aromatic heterocycles. The maximum atomic E-state index is 12.2. The van der Waals surface area contributed by atoms with Gasteiger partial charge in [-0.2, -0.15) is 9.57 Å². The summed E-state index contributed by atoms with van der Waals surface area (Å²) in [7, 11) is -3.21. The van der Waals surface area contributed by atoms with Crippen molar-refractivity contribution in [1.82, 2.24) is 9.21 Å². The second kappa shape index (κ2) is 7.33. The Labute approximate surface area is 141 Å². The van der Waals surface area contributed by atoms with Crippen LogP contribution in [0.3, 0.4) is 0 Å². The first-order chi connectivity index (χ1) is 11.3. The molecule has 128 valence electrons. The highest BCUT2D eigenvalue weighted by molar-refractivity contribution is 7.88. The van der Waals surface area contributed by atoms with Gasteiger partial charge in [0.2, 0.25) is 10.0 Å². The van der Waals surface area contributed by atoms with Gasteiger partial charge in [0.15, 0.2) is 0 Å². The Morgan fingerprint density at radius 1 is 1.25 bits per heavy atom. The van der Waals surface area contributed by atoms with Crippen LogP contribution in [-0.4, -0.2) is 56.0 Å². The zero-order chi connectivity index (χ0) is 17.7. The average Bonchev–Trinajstić information content (AvgIpc) is 2.54. The van der Waals surface area contributed by atoms with E-state index in [1.165, 1.54) is 16.8 Å². The monoisotopic (exact) mass is 349 g/mol. The predicted molar refractivity (Wildman–Crippen MR) is 91.2 cm³/mol. The average molecular weight is 349 g/mol. The summed E-state index contributed by atoms with van der Waals surface area (Å²) in [6.07, 6.45) is 2.63. The smallest absolute Gasteiger partial charge is 0.267 e. The highest BCUT2D eigenvalue weighted by Gasteiger charge is 2.23. The summed E-state index contributed by atoms with van der Waals surface area (Å²) >= 11 is 0. The Kier molecular flexibility index (Phi) is 5.43. The van der Waals surface area contributed by atoms with Crippen molar-refractivity contribution in [2.24, 2.45) is 0 Å². The number of hydrogen-bond donors (Lipinski definition) is 2. The van der Waals surface area contributed by atoms with Crippen LogP contribution in [0.5, 0.6) is 0 Å². The van der Waals surface area contributed by atoms with Crippen LogP contribution >= 0.6 is 0 Å². The van der Waals surface area contributed by atoms with Gasteiger partial charge in [-0.25, -0.2) is 8.42 Å². The van der Waals surface area contributed by atoms with Crippen molar-refractivity contribution >= 4 is 27.3 Å². The molecule has 2 rings (SSSR count). The number of nitrogens with two attached hydrogens (primary N) is 1. The van der Waals surface area contributed by atoms with E-state index in [9.17, 15) is 18.5 Å². The van der Waals surface area contributed by atoms with Gasteiger partial charge < -0.3 is 16.0 Å². The largest absolute Gasteiger partial charge is 0.399 e. The zero-order valence-corrected chi connectivity index (χ0v) is 14.1. The summed E-state index contributed by atoms with van der Waals surface area (Å²) in [5.74, 6) is -0.521. The van der Waals surface area contributed by atoms with Crippen molar-refractivity contribution in [3.05, 3.63) is 36.0 Å². The number of nitrogens with zero attached hydrogens (tertiary/aromatic N) is 3. The first-order valence-corrected chi connectivity index (χ1v) is 9.12. The second-order valence-corrected chi connectivity index (χ2v) is 7.41. The van der Waals surface area contributed by atoms with Crippen LogP contribution in [-0.2, 0) is 14.8 Å². The molecule has 0 aliphatic carbocycles. The molecule has 0 saturated carbocycles. The molecule has 1 fully saturated rings. The van der Waals surface area contributed by atoms with Crippen LogP contribution in [0.15, 0.2) is 36.0 Å². The number of nitriles is 1. The zero-order valence-electron chi connectivity index (χ0n) is 13.3. The van der Waals surface area contributed by atoms with E-state index in [-0.39, 0.29) is 5.57 Å². The highest BCUT2D eigenvalue weighted by Crippen LogP contribution is 2.13. The molecule has 1 saturated heterocycles. The number of sulfonamides is 1. The fraction of sp³-hybridized carbons (Fsp3) is 0.333. The van der Waals surface area contributed by atoms with Crippen molar-refractivity contribution in [2.45, 2.75) is 0 Å². The Bertz CT molecular complexity index is 772. The van der Waals surface area contributed by atoms with Crippen molar-refractivity contribution in [3.8, 4) is 6.07 Å². The fourth-order valence-electron chi connectivity index (χ4n) is 2.25. The first kappa shape index (κ1) is 17.8. The third kappa shape index (κ3) is 4.71. The topological polar surface area (TPSA) is 120 Å². The maximum Gasteiger partial charge on any atom is 0.267 e. The lowest BCUT2D eigenvalue weighted by Gasteiger charge is -2.32. The molecule has 8 nitrogen and oxygen atoms in total. The molecule has 24 heavy (non-hydrogen) atoms. The van der Waals surface area contributed by atoms with E-state index >= 15 is 0 Å². The third-order valence-electron chi connectivity index (χ3n) is 3.59. The minimum atomic E-state index is -3.21. The van der Waals surface area contributed by atoms with Crippen molar-refractivity contribution in [3.63, 3.8) is 0 Å². The van der Waals surface area contributed by atoms with E-state index in [2.05, 4.69) is 5.32 Å². The van der Waals surface area contributed by atoms with Gasteiger partial charge in [0.05, 0.1) is 6.26 Å². The molecule has 1 amide bonds. The van der Waals surface area contributed by atoms with Crippen molar-refractivity contribution < 1.29 is 13.2 Å². The molecule has 1 aromatic rings. The minimum absolute atomic E-state index is 0.0420. The van der Waals surface area contributed by atoms with Gasteiger partial charge in [-0.1, -0.05) is 0 Å². The normalized spacial score (nSPS) is 16.5. The molecule has 3 N–H and O–H groups in total. The Hall–Kier alpha value is -2.57. The molecule has 1 aromatic carbocycles. The van der Waals surface area contributed by atoms with Crippen LogP contribution in [0.25, 0.3) is 0 Å². The lowest BCUT2D eigenvalue weighted by atomic mass is 10.2. The van der Waals surface area contributed by atoms with Crippen molar-refractivity contribution in [1.29, 1.82) is 5.26 Å². The Balaban J connectivity index is 2.00. The summed E-state index contributed by atoms with van der Waals surface area (Å²) in [6, 6.07) is 8.46. The Morgan fingerprint density at radius 2 is 1.83 bits per heavy atom. The molecule has 1 aliphatic heterocycles. The van der Waals surface area contributed by atoms with Crippen LogP contribution < -0.4 is 11.1 Å². The number of amides is 1.